The molecule has 2 aliphatic carbocycles. The number of ether oxygens (including phenoxy) is 1. The summed E-state index contributed by atoms with van der Waals surface area (Å²) in [5.41, 5.74) is 9.97. The highest BCUT2D eigenvalue weighted by atomic mass is 35.5. The zero-order valence-electron chi connectivity index (χ0n) is 22.3. The van der Waals surface area contributed by atoms with Gasteiger partial charge in [-0.15, -0.1) is 0 Å². The fourth-order valence-corrected chi connectivity index (χ4v) is 7.59. The molecule has 37 heavy (non-hydrogen) atoms. The third-order valence-electron chi connectivity index (χ3n) is 9.26. The van der Waals surface area contributed by atoms with Crippen LogP contribution in [-0.2, 0) is 27.0 Å². The van der Waals surface area contributed by atoms with Gasteiger partial charge in [0.05, 0.1) is 0 Å². The van der Waals surface area contributed by atoms with Gasteiger partial charge in [0.25, 0.3) is 0 Å². The number of nitrogens with two attached hydrogens (primary N) is 1. The SMILES string of the molecule is CCc1cccc(-c2c(Cl)ccc3c2[C@](O)(CCCCOC)[C@@]32CCCN(C(=O)[C@@H]3CC[C@H](N)C3)C2)c1. The number of likely N-dealkylation sites (tertiary alicyclic amines) is 1. The van der Waals surface area contributed by atoms with Crippen LogP contribution in [0.3, 0.4) is 0 Å². The summed E-state index contributed by atoms with van der Waals surface area (Å²) in [4.78, 5) is 15.6. The van der Waals surface area contributed by atoms with Gasteiger partial charge in [-0.3, -0.25) is 4.79 Å². The second-order valence-electron chi connectivity index (χ2n) is 11.4. The van der Waals surface area contributed by atoms with Gasteiger partial charge >= 0.3 is 0 Å². The average Bonchev–Trinajstić information content (AvgIpc) is 3.36. The lowest BCUT2D eigenvalue weighted by Gasteiger charge is -2.62. The van der Waals surface area contributed by atoms with Gasteiger partial charge in [0.15, 0.2) is 0 Å². The van der Waals surface area contributed by atoms with Crippen LogP contribution in [0.5, 0.6) is 0 Å². The van der Waals surface area contributed by atoms with Crippen LogP contribution < -0.4 is 5.73 Å². The zero-order valence-corrected chi connectivity index (χ0v) is 23.0. The Morgan fingerprint density at radius 2 is 2.08 bits per heavy atom. The fourth-order valence-electron chi connectivity index (χ4n) is 7.33. The van der Waals surface area contributed by atoms with E-state index in [4.69, 9.17) is 22.1 Å². The minimum atomic E-state index is -1.05. The van der Waals surface area contributed by atoms with Crippen molar-refractivity contribution in [2.24, 2.45) is 11.7 Å². The van der Waals surface area contributed by atoms with E-state index in [-0.39, 0.29) is 17.9 Å². The largest absolute Gasteiger partial charge is 0.385 e. The van der Waals surface area contributed by atoms with E-state index in [0.29, 0.717) is 24.6 Å². The molecule has 3 aliphatic rings. The summed E-state index contributed by atoms with van der Waals surface area (Å²) in [7, 11) is 1.72. The smallest absolute Gasteiger partial charge is 0.225 e. The van der Waals surface area contributed by atoms with Gasteiger partial charge < -0.3 is 20.5 Å². The van der Waals surface area contributed by atoms with Gasteiger partial charge in [-0.05, 0) is 86.1 Å². The molecule has 1 saturated heterocycles. The zero-order chi connectivity index (χ0) is 26.2. The number of piperidine rings is 1. The van der Waals surface area contributed by atoms with Crippen molar-refractivity contribution < 1.29 is 14.6 Å². The van der Waals surface area contributed by atoms with Crippen molar-refractivity contribution in [3.8, 4) is 11.1 Å². The van der Waals surface area contributed by atoms with Crippen molar-refractivity contribution in [3.63, 3.8) is 0 Å². The topological polar surface area (TPSA) is 75.8 Å². The predicted molar refractivity (Wildman–Crippen MR) is 149 cm³/mol. The molecule has 1 spiro atoms. The van der Waals surface area contributed by atoms with Crippen LogP contribution in [0.25, 0.3) is 11.1 Å². The number of amides is 1. The highest BCUT2D eigenvalue weighted by molar-refractivity contribution is 6.33. The predicted octanol–water partition coefficient (Wildman–Crippen LogP) is 5.57. The summed E-state index contributed by atoms with van der Waals surface area (Å²) in [5.74, 6) is 0.226. The lowest BCUT2D eigenvalue weighted by molar-refractivity contribution is -0.149. The van der Waals surface area contributed by atoms with E-state index in [1.807, 2.05) is 11.0 Å². The first-order valence-corrected chi connectivity index (χ1v) is 14.4. The summed E-state index contributed by atoms with van der Waals surface area (Å²) >= 11 is 6.88. The third-order valence-corrected chi connectivity index (χ3v) is 9.58. The van der Waals surface area contributed by atoms with E-state index < -0.39 is 11.0 Å². The van der Waals surface area contributed by atoms with Crippen molar-refractivity contribution in [1.29, 1.82) is 0 Å². The van der Waals surface area contributed by atoms with Gasteiger partial charge in [-0.2, -0.15) is 0 Å². The minimum Gasteiger partial charge on any atom is -0.385 e. The number of carbonyl (C=O) groups excluding carboxylic acids is 1. The molecule has 4 atom stereocenters. The van der Waals surface area contributed by atoms with E-state index in [9.17, 15) is 9.90 Å². The molecule has 0 bridgehead atoms. The molecule has 1 aliphatic heterocycles. The number of unbranched alkanes of at least 4 members (excludes halogenated alkanes) is 1. The molecule has 2 aromatic rings. The third kappa shape index (κ3) is 4.52. The van der Waals surface area contributed by atoms with Crippen LogP contribution >= 0.6 is 11.6 Å². The maximum absolute atomic E-state index is 13.6. The molecule has 1 heterocycles. The van der Waals surface area contributed by atoms with E-state index in [1.165, 1.54) is 5.56 Å². The van der Waals surface area contributed by atoms with Gasteiger partial charge in [-0.25, -0.2) is 0 Å². The molecule has 200 valence electrons. The number of methoxy groups -OCH3 is 1. The second kappa shape index (κ2) is 10.7. The number of hydrogen-bond acceptors (Lipinski definition) is 4. The highest BCUT2D eigenvalue weighted by Gasteiger charge is 2.64. The number of nitrogens with zero attached hydrogens (tertiary/aromatic N) is 1. The molecule has 5 rings (SSSR count). The lowest BCUT2D eigenvalue weighted by atomic mass is 9.47. The van der Waals surface area contributed by atoms with E-state index in [1.54, 1.807) is 7.11 Å². The van der Waals surface area contributed by atoms with Gasteiger partial charge in [-0.1, -0.05) is 48.9 Å². The molecule has 1 amide bonds. The number of carbonyl (C=O) groups is 1. The molecule has 2 aromatic carbocycles. The molecule has 1 saturated carbocycles. The maximum atomic E-state index is 13.6. The summed E-state index contributed by atoms with van der Waals surface area (Å²) in [6.07, 6.45) is 7.60. The number of aliphatic hydroxyl groups is 1. The molecule has 0 aromatic heterocycles. The molecule has 0 unspecified atom stereocenters. The quantitative estimate of drug-likeness (QED) is 0.442. The first-order valence-electron chi connectivity index (χ1n) is 14.0. The Morgan fingerprint density at radius 3 is 2.81 bits per heavy atom. The number of halogens is 1. The summed E-state index contributed by atoms with van der Waals surface area (Å²) < 4.78 is 5.30. The normalized spacial score (nSPS) is 28.8. The molecule has 0 radical (unpaired) electrons. The van der Waals surface area contributed by atoms with Crippen LogP contribution in [0.4, 0.5) is 0 Å². The Kier molecular flexibility index (Phi) is 7.70. The summed E-state index contributed by atoms with van der Waals surface area (Å²) in [5, 5.41) is 13.3. The number of benzene rings is 2. The minimum absolute atomic E-state index is 0.0112. The van der Waals surface area contributed by atoms with Gasteiger partial charge in [0.1, 0.15) is 5.60 Å². The fraction of sp³-hybridized carbons (Fsp3) is 0.581. The van der Waals surface area contributed by atoms with Crippen molar-refractivity contribution >= 4 is 17.5 Å². The van der Waals surface area contributed by atoms with Crippen LogP contribution in [0, 0.1) is 5.92 Å². The van der Waals surface area contributed by atoms with Gasteiger partial charge in [0.2, 0.25) is 5.91 Å². The van der Waals surface area contributed by atoms with Crippen LogP contribution in [0.1, 0.15) is 75.0 Å². The first kappa shape index (κ1) is 26.7. The van der Waals surface area contributed by atoms with Crippen molar-refractivity contribution in [1.82, 2.24) is 4.90 Å². The monoisotopic (exact) mass is 524 g/mol. The van der Waals surface area contributed by atoms with Crippen LogP contribution in [0.15, 0.2) is 36.4 Å². The molecule has 2 fully saturated rings. The molecular formula is C31H41ClN2O3. The standard InChI is InChI=1S/C31H41ClN2O3/c1-3-21-8-6-9-22(18-21)27-26(32)13-12-25-28(27)31(36,15-4-5-17-37-2)30(25)14-7-16-34(20-30)29(35)23-10-11-24(33)19-23/h6,8-9,12-13,18,23-24,36H,3-5,7,10-11,14-17,19-20,33H2,1-2H3/t23-,24+,30-,31-/m1/s1. The Hall–Kier alpha value is -1.92. The first-order chi connectivity index (χ1) is 17.8. The Balaban J connectivity index is 1.56. The van der Waals surface area contributed by atoms with E-state index in [2.05, 4.69) is 37.3 Å². The second-order valence-corrected chi connectivity index (χ2v) is 11.8. The molecule has 6 heteroatoms. The summed E-state index contributed by atoms with van der Waals surface area (Å²) in [6, 6.07) is 12.7. The Bertz CT molecular complexity index is 1150. The highest BCUT2D eigenvalue weighted by Crippen LogP contribution is 2.64. The number of rotatable bonds is 8. The maximum Gasteiger partial charge on any atom is 0.225 e. The Labute approximate surface area is 226 Å². The number of fused-ring (bicyclic) bond motifs is 2. The van der Waals surface area contributed by atoms with E-state index >= 15 is 0 Å². The Morgan fingerprint density at radius 1 is 1.24 bits per heavy atom. The van der Waals surface area contributed by atoms with Crippen molar-refractivity contribution in [2.45, 2.75) is 81.8 Å². The van der Waals surface area contributed by atoms with Gasteiger partial charge in [0, 0.05) is 54.8 Å². The molecule has 3 N–H and O–H groups in total. The summed E-state index contributed by atoms with van der Waals surface area (Å²) in [6.45, 7) is 4.13. The van der Waals surface area contributed by atoms with Crippen LogP contribution in [-0.4, -0.2) is 48.8 Å². The van der Waals surface area contributed by atoms with E-state index in [0.717, 1.165) is 80.2 Å². The lowest BCUT2D eigenvalue weighted by Crippen LogP contribution is -2.66. The van der Waals surface area contributed by atoms with Crippen molar-refractivity contribution in [3.05, 3.63) is 58.1 Å². The number of hydrogen-bond donors (Lipinski definition) is 2. The van der Waals surface area contributed by atoms with Crippen LogP contribution in [0.2, 0.25) is 5.02 Å². The molecule has 5 nitrogen and oxygen atoms in total. The van der Waals surface area contributed by atoms with Crippen molar-refractivity contribution in [2.75, 3.05) is 26.8 Å². The average molecular weight is 525 g/mol. The molecular weight excluding hydrogens is 484 g/mol. The number of aryl methyl sites for hydroxylation is 1.